The maximum atomic E-state index is 12.2. The molecule has 0 saturated heterocycles. The minimum Gasteiger partial charge on any atom is -0.383 e. The van der Waals surface area contributed by atoms with E-state index in [1.165, 1.54) is 30.5 Å². The zero-order valence-electron chi connectivity index (χ0n) is 10.4. The molecule has 0 spiro atoms. The van der Waals surface area contributed by atoms with Crippen LogP contribution >= 0.6 is 15.9 Å². The largest absolute Gasteiger partial charge is 0.383 e. The van der Waals surface area contributed by atoms with Gasteiger partial charge in [-0.15, -0.1) is 0 Å². The van der Waals surface area contributed by atoms with Crippen LogP contribution in [0.4, 0.5) is 17.2 Å². The van der Waals surface area contributed by atoms with E-state index in [1.807, 2.05) is 0 Å². The first-order chi connectivity index (χ1) is 9.81. The van der Waals surface area contributed by atoms with Crippen molar-refractivity contribution in [2.24, 2.45) is 0 Å². The Bertz CT molecular complexity index is 810. The highest BCUT2D eigenvalue weighted by molar-refractivity contribution is 9.10. The number of anilines is 2. The predicted octanol–water partition coefficient (Wildman–Crippen LogP) is 2.14. The molecule has 0 aliphatic rings. The average molecular weight is 373 g/mol. The summed E-state index contributed by atoms with van der Waals surface area (Å²) >= 11 is 3.13. The molecule has 2 rings (SSSR count). The van der Waals surface area contributed by atoms with Crippen LogP contribution in [0.5, 0.6) is 0 Å². The number of benzene rings is 1. The molecule has 110 valence electrons. The lowest BCUT2D eigenvalue weighted by atomic mass is 10.3. The summed E-state index contributed by atoms with van der Waals surface area (Å²) in [4.78, 5) is 13.6. The van der Waals surface area contributed by atoms with Crippen LogP contribution in [-0.4, -0.2) is 18.3 Å². The lowest BCUT2D eigenvalue weighted by Gasteiger charge is -2.10. The Balaban J connectivity index is 2.44. The van der Waals surface area contributed by atoms with Crippen molar-refractivity contribution in [3.63, 3.8) is 0 Å². The molecule has 0 fully saturated rings. The molecule has 10 heteroatoms. The Morgan fingerprint density at radius 1 is 1.33 bits per heavy atom. The van der Waals surface area contributed by atoms with Crippen LogP contribution in [-0.2, 0) is 10.0 Å². The number of hydrogen-bond acceptors (Lipinski definition) is 6. The van der Waals surface area contributed by atoms with E-state index in [4.69, 9.17) is 5.73 Å². The van der Waals surface area contributed by atoms with Crippen LogP contribution in [0.1, 0.15) is 0 Å². The number of pyridine rings is 1. The number of nitrogens with two attached hydrogens (primary N) is 1. The second kappa shape index (κ2) is 5.66. The van der Waals surface area contributed by atoms with Gasteiger partial charge in [0.2, 0.25) is 0 Å². The molecule has 2 aromatic rings. The van der Waals surface area contributed by atoms with Crippen LogP contribution in [0.3, 0.4) is 0 Å². The van der Waals surface area contributed by atoms with Gasteiger partial charge in [0.15, 0.2) is 0 Å². The van der Waals surface area contributed by atoms with Gasteiger partial charge in [-0.2, -0.15) is 0 Å². The van der Waals surface area contributed by atoms with Crippen molar-refractivity contribution in [1.82, 2.24) is 4.98 Å². The topological polar surface area (TPSA) is 128 Å². The third kappa shape index (κ3) is 3.28. The number of non-ortho nitro benzene ring substituents is 1. The van der Waals surface area contributed by atoms with E-state index in [1.54, 1.807) is 0 Å². The van der Waals surface area contributed by atoms with Gasteiger partial charge in [-0.3, -0.25) is 14.8 Å². The highest BCUT2D eigenvalue weighted by atomic mass is 79.9. The van der Waals surface area contributed by atoms with Crippen molar-refractivity contribution in [3.05, 3.63) is 51.1 Å². The lowest BCUT2D eigenvalue weighted by Crippen LogP contribution is -2.15. The van der Waals surface area contributed by atoms with Crippen molar-refractivity contribution < 1.29 is 13.3 Å². The summed E-state index contributed by atoms with van der Waals surface area (Å²) in [5.74, 6) is -0.161. The van der Waals surface area contributed by atoms with Crippen molar-refractivity contribution in [2.75, 3.05) is 10.5 Å². The van der Waals surface area contributed by atoms with Crippen molar-refractivity contribution in [1.29, 1.82) is 0 Å². The molecule has 21 heavy (non-hydrogen) atoms. The third-order valence-corrected chi connectivity index (χ3v) is 4.60. The molecule has 1 aromatic heterocycles. The predicted molar refractivity (Wildman–Crippen MR) is 80.3 cm³/mol. The van der Waals surface area contributed by atoms with Gasteiger partial charge in [-0.05, 0) is 34.1 Å². The number of aromatic nitrogens is 1. The number of halogens is 1. The average Bonchev–Trinajstić information content (AvgIpc) is 2.41. The van der Waals surface area contributed by atoms with E-state index in [-0.39, 0.29) is 22.1 Å². The van der Waals surface area contributed by atoms with Crippen LogP contribution in [0, 0.1) is 10.1 Å². The monoisotopic (exact) mass is 372 g/mol. The minimum absolute atomic E-state index is 0.0347. The number of nitro benzene ring substituents is 1. The second-order valence-electron chi connectivity index (χ2n) is 3.91. The van der Waals surface area contributed by atoms with Gasteiger partial charge in [-0.1, -0.05) is 0 Å². The number of rotatable bonds is 4. The Morgan fingerprint density at radius 3 is 2.67 bits per heavy atom. The smallest absolute Gasteiger partial charge is 0.271 e. The second-order valence-corrected chi connectivity index (χ2v) is 6.42. The number of nitrogens with one attached hydrogen (secondary N) is 1. The first-order valence-corrected chi connectivity index (χ1v) is 7.76. The molecule has 1 heterocycles. The third-order valence-electron chi connectivity index (χ3n) is 2.49. The summed E-state index contributed by atoms with van der Waals surface area (Å²) < 4.78 is 27.1. The lowest BCUT2D eigenvalue weighted by molar-refractivity contribution is -0.384. The molecule has 0 amide bonds. The van der Waals surface area contributed by atoms with Gasteiger partial charge < -0.3 is 5.73 Å². The van der Waals surface area contributed by atoms with Gasteiger partial charge in [-0.25, -0.2) is 13.4 Å². The maximum Gasteiger partial charge on any atom is 0.271 e. The van der Waals surface area contributed by atoms with E-state index in [2.05, 4.69) is 25.6 Å². The number of nitrogen functional groups attached to an aromatic ring is 1. The van der Waals surface area contributed by atoms with E-state index in [0.29, 0.717) is 4.47 Å². The van der Waals surface area contributed by atoms with Crippen molar-refractivity contribution in [2.45, 2.75) is 4.90 Å². The number of hydrogen-bond donors (Lipinski definition) is 2. The summed E-state index contributed by atoms with van der Waals surface area (Å²) in [7, 11) is -4.00. The van der Waals surface area contributed by atoms with E-state index < -0.39 is 14.9 Å². The molecule has 0 bridgehead atoms. The number of nitrogens with zero attached hydrogens (tertiary/aromatic N) is 2. The summed E-state index contributed by atoms with van der Waals surface area (Å²) in [5, 5.41) is 10.7. The summed E-state index contributed by atoms with van der Waals surface area (Å²) in [5.41, 5.74) is 5.32. The Hall–Kier alpha value is -2.20. The van der Waals surface area contributed by atoms with E-state index in [9.17, 15) is 18.5 Å². The highest BCUT2D eigenvalue weighted by Crippen LogP contribution is 2.29. The molecule has 8 nitrogen and oxygen atoms in total. The molecular formula is C11H9BrN4O4S. The Morgan fingerprint density at radius 2 is 2.05 bits per heavy atom. The van der Waals surface area contributed by atoms with E-state index in [0.717, 1.165) is 6.07 Å². The summed E-state index contributed by atoms with van der Waals surface area (Å²) in [6.07, 6.45) is 1.36. The van der Waals surface area contributed by atoms with Crippen LogP contribution in [0.2, 0.25) is 0 Å². The Kier molecular flexibility index (Phi) is 4.09. The van der Waals surface area contributed by atoms with Crippen molar-refractivity contribution >= 4 is 43.1 Å². The van der Waals surface area contributed by atoms with Crippen LogP contribution < -0.4 is 10.5 Å². The molecule has 0 atom stereocenters. The zero-order chi connectivity index (χ0) is 15.6. The summed E-state index contributed by atoms with van der Waals surface area (Å²) in [6.45, 7) is 0. The quantitative estimate of drug-likeness (QED) is 0.624. The molecule has 0 radical (unpaired) electrons. The van der Waals surface area contributed by atoms with Crippen LogP contribution in [0.25, 0.3) is 0 Å². The number of sulfonamides is 1. The molecule has 3 N–H and O–H groups in total. The minimum atomic E-state index is -4.00. The SMILES string of the molecule is Nc1ncccc1S(=O)(=O)Nc1cc([N+](=O)[O-])ccc1Br. The van der Waals surface area contributed by atoms with Gasteiger partial charge in [0, 0.05) is 22.8 Å². The molecular weight excluding hydrogens is 364 g/mol. The standard InChI is InChI=1S/C11H9BrN4O4S/c12-8-4-3-7(16(17)18)6-9(8)15-21(19,20)10-2-1-5-14-11(10)13/h1-6,15H,(H2,13,14). The molecule has 1 aromatic carbocycles. The fourth-order valence-electron chi connectivity index (χ4n) is 1.53. The fourth-order valence-corrected chi connectivity index (χ4v) is 3.17. The molecule has 0 saturated carbocycles. The van der Waals surface area contributed by atoms with Crippen LogP contribution in [0.15, 0.2) is 45.9 Å². The van der Waals surface area contributed by atoms with Gasteiger partial charge >= 0.3 is 0 Å². The zero-order valence-corrected chi connectivity index (χ0v) is 12.8. The maximum absolute atomic E-state index is 12.2. The molecule has 0 unspecified atom stereocenters. The Labute approximate surface area is 128 Å². The normalized spacial score (nSPS) is 11.1. The van der Waals surface area contributed by atoms with Gasteiger partial charge in [0.05, 0.1) is 10.6 Å². The number of nitro groups is 1. The summed E-state index contributed by atoms with van der Waals surface area (Å²) in [6, 6.07) is 6.44. The molecule has 0 aliphatic heterocycles. The van der Waals surface area contributed by atoms with E-state index >= 15 is 0 Å². The first kappa shape index (κ1) is 15.2. The fraction of sp³-hybridized carbons (Fsp3) is 0. The molecule has 0 aliphatic carbocycles. The van der Waals surface area contributed by atoms with Gasteiger partial charge in [0.25, 0.3) is 15.7 Å². The van der Waals surface area contributed by atoms with Gasteiger partial charge in [0.1, 0.15) is 10.7 Å². The first-order valence-electron chi connectivity index (χ1n) is 5.48. The highest BCUT2D eigenvalue weighted by Gasteiger charge is 2.20. The van der Waals surface area contributed by atoms with Crippen molar-refractivity contribution in [3.8, 4) is 0 Å².